The number of phenols is 1. The number of aliphatic hydroxyl groups excluding tert-OH is 3. The van der Waals surface area contributed by atoms with Crippen LogP contribution in [0.1, 0.15) is 35.2 Å². The predicted molar refractivity (Wildman–Crippen MR) is 114 cm³/mol. The van der Waals surface area contributed by atoms with E-state index < -0.39 is 75.6 Å². The average Bonchev–Trinajstić information content (AvgIpc) is 2.73. The molecule has 4 rings (SSSR count). The maximum atomic E-state index is 13.4. The Hall–Kier alpha value is -3.21. The fourth-order valence-electron chi connectivity index (χ4n) is 5.88. The van der Waals surface area contributed by atoms with E-state index in [9.17, 15) is 39.9 Å². The highest BCUT2D eigenvalue weighted by Crippen LogP contribution is 2.56. The number of aromatic hydroxyl groups is 1. The SMILES string of the molecule is CC[C@@H]1c2cccc(O)c2C(=O)C2=C(O)[C@@]3(O)C(=O)C(C(N)=O)=C(O)[C@@H](N(C)C)[C@@H]3[C@@H](O)[C@@H]21. The number of phenolic OH excluding ortho intramolecular Hbond substituents is 1. The van der Waals surface area contributed by atoms with E-state index in [-0.39, 0.29) is 11.3 Å². The van der Waals surface area contributed by atoms with Crippen LogP contribution in [0.15, 0.2) is 40.9 Å². The van der Waals surface area contributed by atoms with Crippen molar-refractivity contribution in [1.29, 1.82) is 0 Å². The van der Waals surface area contributed by atoms with Crippen LogP contribution in [-0.2, 0) is 9.59 Å². The third-order valence-electron chi connectivity index (χ3n) is 7.24. The van der Waals surface area contributed by atoms with Crippen LogP contribution < -0.4 is 5.73 Å². The Balaban J connectivity index is 2.08. The molecule has 1 aromatic rings. The minimum absolute atomic E-state index is 0.0858. The lowest BCUT2D eigenvalue weighted by atomic mass is 9.54. The zero-order valence-corrected chi connectivity index (χ0v) is 18.3. The summed E-state index contributed by atoms with van der Waals surface area (Å²) in [6.07, 6.45) is -1.19. The molecule has 1 amide bonds. The minimum atomic E-state index is -2.90. The molecule has 33 heavy (non-hydrogen) atoms. The molecule has 0 fully saturated rings. The van der Waals surface area contributed by atoms with Gasteiger partial charge in [0, 0.05) is 11.5 Å². The van der Waals surface area contributed by atoms with Gasteiger partial charge >= 0.3 is 0 Å². The fraction of sp³-hybridized carbons (Fsp3) is 0.435. The lowest BCUT2D eigenvalue weighted by molar-refractivity contribution is -0.162. The third kappa shape index (κ3) is 2.74. The minimum Gasteiger partial charge on any atom is -0.510 e. The number of carbonyl (C=O) groups excluding carboxylic acids is 3. The number of fused-ring (bicyclic) bond motifs is 3. The van der Waals surface area contributed by atoms with Crippen LogP contribution in [0, 0.1) is 11.8 Å². The summed E-state index contributed by atoms with van der Waals surface area (Å²) in [7, 11) is 2.99. The quantitative estimate of drug-likeness (QED) is 0.341. The number of hydrogen-bond acceptors (Lipinski definition) is 9. The number of amides is 1. The number of ketones is 2. The second-order valence-corrected chi connectivity index (χ2v) is 9.02. The van der Waals surface area contributed by atoms with Crippen molar-refractivity contribution in [1.82, 2.24) is 4.90 Å². The number of likely N-dealkylation sites (N-methyl/N-ethyl adjacent to an activating group) is 1. The Kier molecular flexibility index (Phi) is 5.15. The normalized spacial score (nSPS) is 33.7. The van der Waals surface area contributed by atoms with Crippen LogP contribution in [0.3, 0.4) is 0 Å². The molecule has 0 spiro atoms. The molecule has 0 aliphatic heterocycles. The molecule has 0 saturated carbocycles. The first-order valence-corrected chi connectivity index (χ1v) is 10.6. The summed E-state index contributed by atoms with van der Waals surface area (Å²) in [5.41, 5.74) is 1.46. The van der Waals surface area contributed by atoms with E-state index in [1.165, 1.54) is 25.1 Å². The van der Waals surface area contributed by atoms with Gasteiger partial charge in [-0.3, -0.25) is 19.3 Å². The van der Waals surface area contributed by atoms with Gasteiger partial charge in [-0.1, -0.05) is 19.1 Å². The number of primary amides is 1. The summed E-state index contributed by atoms with van der Waals surface area (Å²) in [6, 6.07) is 3.23. The van der Waals surface area contributed by atoms with Crippen LogP contribution in [0.2, 0.25) is 0 Å². The molecule has 0 aromatic heterocycles. The fourth-order valence-corrected chi connectivity index (χ4v) is 5.88. The van der Waals surface area contributed by atoms with E-state index in [1.807, 2.05) is 0 Å². The van der Waals surface area contributed by atoms with Crippen molar-refractivity contribution in [2.75, 3.05) is 14.1 Å². The molecule has 7 N–H and O–H groups in total. The van der Waals surface area contributed by atoms with Crippen molar-refractivity contribution < 1.29 is 39.9 Å². The van der Waals surface area contributed by atoms with Crippen molar-refractivity contribution in [3.8, 4) is 5.75 Å². The molecule has 0 heterocycles. The zero-order chi connectivity index (χ0) is 24.6. The summed E-state index contributed by atoms with van der Waals surface area (Å²) in [6.45, 7) is 1.80. The van der Waals surface area contributed by atoms with Crippen molar-refractivity contribution in [2.45, 2.75) is 37.0 Å². The summed E-state index contributed by atoms with van der Waals surface area (Å²) in [5.74, 6) is -8.75. The van der Waals surface area contributed by atoms with Gasteiger partial charge in [0.1, 0.15) is 22.8 Å². The molecule has 1 aromatic carbocycles. The first kappa shape index (κ1) is 23.0. The maximum Gasteiger partial charge on any atom is 0.255 e. The molecule has 176 valence electrons. The number of benzene rings is 1. The second kappa shape index (κ2) is 7.41. The van der Waals surface area contributed by atoms with Gasteiger partial charge in [0.15, 0.2) is 11.4 Å². The van der Waals surface area contributed by atoms with Crippen LogP contribution in [0.5, 0.6) is 5.75 Å². The number of aliphatic hydroxyl groups is 4. The second-order valence-electron chi connectivity index (χ2n) is 9.02. The van der Waals surface area contributed by atoms with Gasteiger partial charge in [-0.05, 0) is 38.1 Å². The number of nitrogens with zero attached hydrogens (tertiary/aromatic N) is 1. The number of Topliss-reactive ketones (excluding diaryl/α,β-unsaturated/α-hetero) is 2. The van der Waals surface area contributed by atoms with E-state index >= 15 is 0 Å². The molecule has 0 unspecified atom stereocenters. The van der Waals surface area contributed by atoms with E-state index in [2.05, 4.69) is 0 Å². The van der Waals surface area contributed by atoms with Gasteiger partial charge in [-0.25, -0.2) is 0 Å². The van der Waals surface area contributed by atoms with E-state index in [4.69, 9.17) is 5.73 Å². The van der Waals surface area contributed by atoms with Gasteiger partial charge < -0.3 is 31.3 Å². The highest BCUT2D eigenvalue weighted by atomic mass is 16.4. The predicted octanol–water partition coefficient (Wildman–Crippen LogP) is 0.0425. The van der Waals surface area contributed by atoms with E-state index in [0.717, 1.165) is 0 Å². The number of carbonyl (C=O) groups is 3. The van der Waals surface area contributed by atoms with Crippen molar-refractivity contribution in [3.63, 3.8) is 0 Å². The van der Waals surface area contributed by atoms with Crippen molar-refractivity contribution in [3.05, 3.63) is 52.0 Å². The topological polar surface area (TPSA) is 182 Å². The Morgan fingerprint density at radius 3 is 2.36 bits per heavy atom. The molecular weight excluding hydrogens is 432 g/mol. The Morgan fingerprint density at radius 1 is 1.18 bits per heavy atom. The van der Waals surface area contributed by atoms with Gasteiger partial charge in [0.05, 0.1) is 23.6 Å². The van der Waals surface area contributed by atoms with Crippen LogP contribution >= 0.6 is 0 Å². The van der Waals surface area contributed by atoms with Gasteiger partial charge in [0.25, 0.3) is 5.91 Å². The lowest BCUT2D eigenvalue weighted by Gasteiger charge is -2.53. The van der Waals surface area contributed by atoms with Crippen LogP contribution in [0.25, 0.3) is 0 Å². The van der Waals surface area contributed by atoms with Crippen LogP contribution in [-0.4, -0.2) is 79.7 Å². The molecular formula is C23H26N2O8. The molecule has 0 saturated heterocycles. The van der Waals surface area contributed by atoms with Crippen molar-refractivity contribution in [2.24, 2.45) is 17.6 Å². The zero-order valence-electron chi connectivity index (χ0n) is 18.3. The summed E-state index contributed by atoms with van der Waals surface area (Å²) in [5, 5.41) is 55.5. The van der Waals surface area contributed by atoms with E-state index in [0.29, 0.717) is 12.0 Å². The molecule has 6 atom stereocenters. The Morgan fingerprint density at radius 2 is 1.82 bits per heavy atom. The molecule has 0 radical (unpaired) electrons. The average molecular weight is 458 g/mol. The first-order valence-electron chi connectivity index (χ1n) is 10.6. The maximum absolute atomic E-state index is 13.4. The molecule has 3 aliphatic carbocycles. The lowest BCUT2D eigenvalue weighted by Crippen LogP contribution is -2.68. The van der Waals surface area contributed by atoms with Crippen molar-refractivity contribution >= 4 is 17.5 Å². The summed E-state index contributed by atoms with van der Waals surface area (Å²) >= 11 is 0. The molecule has 3 aliphatic rings. The van der Waals surface area contributed by atoms with E-state index in [1.54, 1.807) is 19.1 Å². The molecule has 0 bridgehead atoms. The first-order chi connectivity index (χ1) is 15.4. The Labute approximate surface area is 189 Å². The third-order valence-corrected chi connectivity index (χ3v) is 7.24. The van der Waals surface area contributed by atoms with Crippen LogP contribution in [0.4, 0.5) is 0 Å². The molecule has 10 nitrogen and oxygen atoms in total. The van der Waals surface area contributed by atoms with Gasteiger partial charge in [0.2, 0.25) is 5.78 Å². The highest BCUT2D eigenvalue weighted by molar-refractivity contribution is 6.25. The largest absolute Gasteiger partial charge is 0.510 e. The summed E-state index contributed by atoms with van der Waals surface area (Å²) < 4.78 is 0. The number of nitrogens with two attached hydrogens (primary N) is 1. The number of rotatable bonds is 3. The van der Waals surface area contributed by atoms with Gasteiger partial charge in [-0.15, -0.1) is 0 Å². The summed E-state index contributed by atoms with van der Waals surface area (Å²) in [4.78, 5) is 40.1. The monoisotopic (exact) mass is 458 g/mol. The number of hydrogen-bond donors (Lipinski definition) is 6. The molecule has 10 heteroatoms. The highest BCUT2D eigenvalue weighted by Gasteiger charge is 2.67. The Bertz CT molecular complexity index is 1150. The standard InChI is InChI=1S/C23H26N2O8/c1-4-8-9-6-5-7-10(26)11(9)17(27)13-12(8)18(28)15-16(25(2)3)19(29)14(22(24)32)21(31)23(15,33)20(13)30/h5-8,12,15-16,18,26,28-30,33H,4H2,1-3H3,(H2,24,32)/t8-,12-,15-,16+,18+,23-/m1/s1. The smallest absolute Gasteiger partial charge is 0.255 e. The van der Waals surface area contributed by atoms with Gasteiger partial charge in [-0.2, -0.15) is 0 Å².